The van der Waals surface area contributed by atoms with Crippen LogP contribution in [0.15, 0.2) is 48.8 Å². The first kappa shape index (κ1) is 17.3. The maximum atomic E-state index is 12.4. The average Bonchev–Trinajstić information content (AvgIpc) is 3.22. The van der Waals surface area contributed by atoms with Crippen LogP contribution < -0.4 is 15.0 Å². The summed E-state index contributed by atoms with van der Waals surface area (Å²) in [6.07, 6.45) is 4.31. The summed E-state index contributed by atoms with van der Waals surface area (Å²) in [4.78, 5) is 23.5. The van der Waals surface area contributed by atoms with E-state index >= 15 is 0 Å². The third-order valence-electron chi connectivity index (χ3n) is 4.83. The number of carbonyl (C=O) groups excluding carboxylic acids is 1. The second kappa shape index (κ2) is 7.61. The molecule has 1 aromatic heterocycles. The summed E-state index contributed by atoms with van der Waals surface area (Å²) in [5, 5.41) is 3.98. The minimum absolute atomic E-state index is 0.0617. The Balaban J connectivity index is 1.49. The zero-order valence-electron chi connectivity index (χ0n) is 15.3. The molecule has 0 aliphatic carbocycles. The van der Waals surface area contributed by atoms with Gasteiger partial charge in [-0.05, 0) is 48.7 Å². The highest BCUT2D eigenvalue weighted by Crippen LogP contribution is 2.27. The van der Waals surface area contributed by atoms with Crippen LogP contribution >= 0.6 is 0 Å². The van der Waals surface area contributed by atoms with Crippen LogP contribution in [0.3, 0.4) is 0 Å². The number of amides is 1. The van der Waals surface area contributed by atoms with Gasteiger partial charge in [-0.2, -0.15) is 0 Å². The number of benzene rings is 2. The lowest BCUT2D eigenvalue weighted by Gasteiger charge is -2.18. The SMILES string of the molecule is COc1ccc(CC(=O)Nc2ccc3c(N4CCCC4)ncnc3c2)cc1. The first-order chi connectivity index (χ1) is 13.2. The Kier molecular flexibility index (Phi) is 4.87. The number of ether oxygens (including phenoxy) is 1. The lowest BCUT2D eigenvalue weighted by atomic mass is 10.1. The molecule has 138 valence electrons. The molecule has 0 unspecified atom stereocenters. The topological polar surface area (TPSA) is 67.3 Å². The van der Waals surface area contributed by atoms with Gasteiger partial charge in [0.1, 0.15) is 17.9 Å². The van der Waals surface area contributed by atoms with E-state index in [9.17, 15) is 4.79 Å². The van der Waals surface area contributed by atoms with Gasteiger partial charge in [0.25, 0.3) is 0 Å². The zero-order chi connectivity index (χ0) is 18.6. The molecule has 0 radical (unpaired) electrons. The quantitative estimate of drug-likeness (QED) is 0.753. The van der Waals surface area contributed by atoms with Gasteiger partial charge in [0.05, 0.1) is 19.0 Å². The molecule has 1 saturated heterocycles. The van der Waals surface area contributed by atoms with Crippen molar-refractivity contribution in [3.63, 3.8) is 0 Å². The van der Waals surface area contributed by atoms with E-state index < -0.39 is 0 Å². The number of anilines is 2. The monoisotopic (exact) mass is 362 g/mol. The summed E-state index contributed by atoms with van der Waals surface area (Å²) in [5.74, 6) is 1.70. The molecular weight excluding hydrogens is 340 g/mol. The minimum atomic E-state index is -0.0617. The maximum Gasteiger partial charge on any atom is 0.228 e. The van der Waals surface area contributed by atoms with Crippen LogP contribution in [-0.4, -0.2) is 36.1 Å². The molecule has 0 atom stereocenters. The number of nitrogens with one attached hydrogen (secondary N) is 1. The lowest BCUT2D eigenvalue weighted by molar-refractivity contribution is -0.115. The van der Waals surface area contributed by atoms with Crippen molar-refractivity contribution in [1.82, 2.24) is 9.97 Å². The molecular formula is C21H22N4O2. The third-order valence-corrected chi connectivity index (χ3v) is 4.83. The number of methoxy groups -OCH3 is 1. The van der Waals surface area contributed by atoms with Crippen LogP contribution in [0, 0.1) is 0 Å². The molecule has 1 amide bonds. The van der Waals surface area contributed by atoms with Gasteiger partial charge in [-0.1, -0.05) is 12.1 Å². The van der Waals surface area contributed by atoms with E-state index in [-0.39, 0.29) is 5.91 Å². The summed E-state index contributed by atoms with van der Waals surface area (Å²) >= 11 is 0. The molecule has 1 aliphatic rings. The Hall–Kier alpha value is -3.15. The van der Waals surface area contributed by atoms with E-state index in [1.165, 1.54) is 12.8 Å². The van der Waals surface area contributed by atoms with Gasteiger partial charge in [0.15, 0.2) is 0 Å². The van der Waals surface area contributed by atoms with Gasteiger partial charge in [0, 0.05) is 24.2 Å². The largest absolute Gasteiger partial charge is 0.497 e. The fourth-order valence-corrected chi connectivity index (χ4v) is 3.44. The molecule has 0 spiro atoms. The molecule has 2 aromatic carbocycles. The van der Waals surface area contributed by atoms with Gasteiger partial charge in [-0.25, -0.2) is 9.97 Å². The number of carbonyl (C=O) groups is 1. The van der Waals surface area contributed by atoms with Crippen LogP contribution in [0.4, 0.5) is 11.5 Å². The van der Waals surface area contributed by atoms with Crippen LogP contribution in [-0.2, 0) is 11.2 Å². The number of aromatic nitrogens is 2. The van der Waals surface area contributed by atoms with Crippen LogP contribution in [0.25, 0.3) is 10.9 Å². The first-order valence-corrected chi connectivity index (χ1v) is 9.15. The van der Waals surface area contributed by atoms with Crippen molar-refractivity contribution in [2.75, 3.05) is 30.4 Å². The van der Waals surface area contributed by atoms with E-state index in [1.54, 1.807) is 13.4 Å². The van der Waals surface area contributed by atoms with Crippen molar-refractivity contribution >= 4 is 28.3 Å². The van der Waals surface area contributed by atoms with E-state index in [4.69, 9.17) is 4.74 Å². The van der Waals surface area contributed by atoms with Gasteiger partial charge >= 0.3 is 0 Å². The van der Waals surface area contributed by atoms with Gasteiger partial charge in [-0.3, -0.25) is 4.79 Å². The Labute approximate surface area is 158 Å². The maximum absolute atomic E-state index is 12.4. The molecule has 1 N–H and O–H groups in total. The second-order valence-electron chi connectivity index (χ2n) is 6.70. The van der Waals surface area contributed by atoms with Crippen molar-refractivity contribution in [2.45, 2.75) is 19.3 Å². The van der Waals surface area contributed by atoms with Crippen molar-refractivity contribution in [3.05, 3.63) is 54.4 Å². The molecule has 0 saturated carbocycles. The number of fused-ring (bicyclic) bond motifs is 1. The normalized spacial score (nSPS) is 13.7. The molecule has 3 aromatic rings. The molecule has 6 nitrogen and oxygen atoms in total. The molecule has 2 heterocycles. The Bertz CT molecular complexity index is 950. The summed E-state index contributed by atoms with van der Waals surface area (Å²) < 4.78 is 5.14. The average molecular weight is 362 g/mol. The fraction of sp³-hybridized carbons (Fsp3) is 0.286. The molecule has 27 heavy (non-hydrogen) atoms. The predicted molar refractivity (Wildman–Crippen MR) is 106 cm³/mol. The van der Waals surface area contributed by atoms with Gasteiger partial charge in [0.2, 0.25) is 5.91 Å². The summed E-state index contributed by atoms with van der Waals surface area (Å²) in [6.45, 7) is 2.07. The highest BCUT2D eigenvalue weighted by molar-refractivity contribution is 5.97. The van der Waals surface area contributed by atoms with Crippen LogP contribution in [0.2, 0.25) is 0 Å². The van der Waals surface area contributed by atoms with Crippen molar-refractivity contribution < 1.29 is 9.53 Å². The molecule has 4 rings (SSSR count). The molecule has 1 fully saturated rings. The van der Waals surface area contributed by atoms with Crippen LogP contribution in [0.5, 0.6) is 5.75 Å². The summed E-state index contributed by atoms with van der Waals surface area (Å²) in [6, 6.07) is 13.3. The van der Waals surface area contributed by atoms with Crippen molar-refractivity contribution in [3.8, 4) is 5.75 Å². The number of nitrogens with zero attached hydrogens (tertiary/aromatic N) is 3. The lowest BCUT2D eigenvalue weighted by Crippen LogP contribution is -2.19. The fourth-order valence-electron chi connectivity index (χ4n) is 3.44. The first-order valence-electron chi connectivity index (χ1n) is 9.15. The van der Waals surface area contributed by atoms with Crippen molar-refractivity contribution in [1.29, 1.82) is 0 Å². The predicted octanol–water partition coefficient (Wildman–Crippen LogP) is 3.42. The molecule has 1 aliphatic heterocycles. The Morgan fingerprint density at radius 3 is 2.63 bits per heavy atom. The van der Waals surface area contributed by atoms with E-state index in [1.807, 2.05) is 42.5 Å². The highest BCUT2D eigenvalue weighted by atomic mass is 16.5. The third kappa shape index (κ3) is 3.84. The van der Waals surface area contributed by atoms with Crippen LogP contribution in [0.1, 0.15) is 18.4 Å². The van der Waals surface area contributed by atoms with E-state index in [0.29, 0.717) is 6.42 Å². The van der Waals surface area contributed by atoms with E-state index in [2.05, 4.69) is 20.2 Å². The minimum Gasteiger partial charge on any atom is -0.497 e. The van der Waals surface area contributed by atoms with Gasteiger partial charge < -0.3 is 15.0 Å². The number of hydrogen-bond donors (Lipinski definition) is 1. The number of rotatable bonds is 5. The number of hydrogen-bond acceptors (Lipinski definition) is 5. The Morgan fingerprint density at radius 2 is 1.89 bits per heavy atom. The zero-order valence-corrected chi connectivity index (χ0v) is 15.3. The summed E-state index contributed by atoms with van der Waals surface area (Å²) in [7, 11) is 1.63. The smallest absolute Gasteiger partial charge is 0.228 e. The molecule has 0 bridgehead atoms. The molecule has 6 heteroatoms. The standard InChI is InChI=1S/C21H22N4O2/c1-27-17-7-4-15(5-8-17)12-20(26)24-16-6-9-18-19(13-16)22-14-23-21(18)25-10-2-3-11-25/h4-9,13-14H,2-3,10-12H2,1H3,(H,24,26). The summed E-state index contributed by atoms with van der Waals surface area (Å²) in [5.41, 5.74) is 2.52. The Morgan fingerprint density at radius 1 is 1.11 bits per heavy atom. The van der Waals surface area contributed by atoms with Gasteiger partial charge in [-0.15, -0.1) is 0 Å². The highest BCUT2D eigenvalue weighted by Gasteiger charge is 2.16. The van der Waals surface area contributed by atoms with Crippen molar-refractivity contribution in [2.24, 2.45) is 0 Å². The van der Waals surface area contributed by atoms with E-state index in [0.717, 1.165) is 46.8 Å². The second-order valence-corrected chi connectivity index (χ2v) is 6.70.